The third-order valence-corrected chi connectivity index (χ3v) is 4.92. The van der Waals surface area contributed by atoms with Crippen LogP contribution in [0.25, 0.3) is 11.5 Å². The van der Waals surface area contributed by atoms with Gasteiger partial charge in [-0.15, -0.1) is 21.5 Å². The molecule has 0 fully saturated rings. The number of hydrogen-bond donors (Lipinski definition) is 1. The predicted molar refractivity (Wildman–Crippen MR) is 95.3 cm³/mol. The van der Waals surface area contributed by atoms with Crippen molar-refractivity contribution in [2.24, 2.45) is 0 Å². The molecule has 3 aromatic rings. The van der Waals surface area contributed by atoms with Crippen LogP contribution in [0.15, 0.2) is 32.4 Å². The Morgan fingerprint density at radius 1 is 1.32 bits per heavy atom. The zero-order chi connectivity index (χ0) is 17.8. The van der Waals surface area contributed by atoms with E-state index in [-0.39, 0.29) is 11.9 Å². The Balaban J connectivity index is 1.57. The van der Waals surface area contributed by atoms with E-state index in [4.69, 9.17) is 8.83 Å². The molecule has 0 radical (unpaired) electrons. The van der Waals surface area contributed by atoms with E-state index in [0.717, 1.165) is 23.5 Å². The van der Waals surface area contributed by atoms with Crippen LogP contribution >= 0.6 is 11.3 Å². The first kappa shape index (κ1) is 17.4. The second kappa shape index (κ2) is 7.65. The van der Waals surface area contributed by atoms with Gasteiger partial charge in [0.15, 0.2) is 0 Å². The third-order valence-electron chi connectivity index (χ3n) is 3.93. The van der Waals surface area contributed by atoms with Crippen molar-refractivity contribution < 1.29 is 13.6 Å². The second-order valence-electron chi connectivity index (χ2n) is 5.87. The number of carbonyl (C=O) groups excluding carboxylic acids is 1. The fourth-order valence-electron chi connectivity index (χ4n) is 2.66. The topological polar surface area (TPSA) is 81.2 Å². The van der Waals surface area contributed by atoms with Gasteiger partial charge in [0, 0.05) is 17.7 Å². The molecule has 1 atom stereocenters. The first-order chi connectivity index (χ1) is 12.1. The summed E-state index contributed by atoms with van der Waals surface area (Å²) in [6.07, 6.45) is 1.58. The third kappa shape index (κ3) is 4.17. The van der Waals surface area contributed by atoms with E-state index in [1.165, 1.54) is 4.88 Å². The van der Waals surface area contributed by atoms with Gasteiger partial charge < -0.3 is 14.2 Å². The molecule has 0 aliphatic rings. The number of nitrogens with zero attached hydrogens (tertiary/aromatic N) is 2. The molecule has 0 aromatic carbocycles. The molecule has 0 bridgehead atoms. The minimum atomic E-state index is -0.0182. The van der Waals surface area contributed by atoms with Crippen LogP contribution in [0.5, 0.6) is 0 Å². The van der Waals surface area contributed by atoms with Crippen LogP contribution in [-0.2, 0) is 11.2 Å². The minimum absolute atomic E-state index is 0.0182. The summed E-state index contributed by atoms with van der Waals surface area (Å²) in [5, 5.41) is 13.2. The summed E-state index contributed by atoms with van der Waals surface area (Å²) in [7, 11) is 0. The normalized spacial score (nSPS) is 12.3. The van der Waals surface area contributed by atoms with Gasteiger partial charge in [-0.3, -0.25) is 4.79 Å². The summed E-state index contributed by atoms with van der Waals surface area (Å²) in [6, 6.07) is 5.96. The molecule has 0 spiro atoms. The minimum Gasteiger partial charge on any atom is -0.466 e. The molecule has 25 heavy (non-hydrogen) atoms. The lowest BCUT2D eigenvalue weighted by Gasteiger charge is -2.15. The number of amides is 1. The van der Waals surface area contributed by atoms with Gasteiger partial charge in [-0.1, -0.05) is 13.0 Å². The molecule has 0 saturated carbocycles. The molecule has 6 nitrogen and oxygen atoms in total. The Morgan fingerprint density at radius 2 is 2.16 bits per heavy atom. The summed E-state index contributed by atoms with van der Waals surface area (Å²) < 4.78 is 11.1. The van der Waals surface area contributed by atoms with Gasteiger partial charge in [0.1, 0.15) is 11.5 Å². The van der Waals surface area contributed by atoms with Gasteiger partial charge in [0.05, 0.1) is 11.6 Å². The van der Waals surface area contributed by atoms with Crippen LogP contribution in [0.3, 0.4) is 0 Å². The summed E-state index contributed by atoms with van der Waals surface area (Å²) in [5.41, 5.74) is 0.796. The monoisotopic (exact) mass is 359 g/mol. The Bertz CT molecular complexity index is 836. The molecule has 0 saturated heterocycles. The van der Waals surface area contributed by atoms with Gasteiger partial charge in [0.25, 0.3) is 5.89 Å². The number of aryl methyl sites for hydroxylation is 3. The number of furan rings is 1. The fraction of sp³-hybridized carbons (Fsp3) is 0.389. The quantitative estimate of drug-likeness (QED) is 0.683. The van der Waals surface area contributed by atoms with Gasteiger partial charge in [0.2, 0.25) is 11.8 Å². The highest BCUT2D eigenvalue weighted by Crippen LogP contribution is 2.25. The molecule has 1 amide bonds. The van der Waals surface area contributed by atoms with E-state index in [1.807, 2.05) is 37.4 Å². The first-order valence-corrected chi connectivity index (χ1v) is 9.17. The molecule has 1 N–H and O–H groups in total. The average molecular weight is 359 g/mol. The molecule has 3 heterocycles. The van der Waals surface area contributed by atoms with Crippen molar-refractivity contribution in [3.63, 3.8) is 0 Å². The highest BCUT2D eigenvalue weighted by molar-refractivity contribution is 7.10. The van der Waals surface area contributed by atoms with Crippen molar-refractivity contribution in [2.75, 3.05) is 0 Å². The van der Waals surface area contributed by atoms with E-state index < -0.39 is 0 Å². The van der Waals surface area contributed by atoms with E-state index in [0.29, 0.717) is 24.6 Å². The summed E-state index contributed by atoms with van der Waals surface area (Å²) in [5.74, 6) is 2.40. The van der Waals surface area contributed by atoms with Crippen molar-refractivity contribution in [1.82, 2.24) is 15.5 Å². The maximum atomic E-state index is 12.2. The van der Waals surface area contributed by atoms with Crippen LogP contribution in [0.1, 0.15) is 48.1 Å². The van der Waals surface area contributed by atoms with Crippen LogP contribution in [0.2, 0.25) is 0 Å². The second-order valence-corrected chi connectivity index (χ2v) is 6.85. The van der Waals surface area contributed by atoms with Gasteiger partial charge in [-0.2, -0.15) is 0 Å². The van der Waals surface area contributed by atoms with Crippen LogP contribution < -0.4 is 5.32 Å². The largest absolute Gasteiger partial charge is 0.466 e. The molecular formula is C18H21N3O3S. The van der Waals surface area contributed by atoms with E-state index in [9.17, 15) is 4.79 Å². The van der Waals surface area contributed by atoms with E-state index >= 15 is 0 Å². The highest BCUT2D eigenvalue weighted by atomic mass is 32.1. The molecule has 7 heteroatoms. The molecule has 1 unspecified atom stereocenters. The molecular weight excluding hydrogens is 338 g/mol. The number of nitrogens with one attached hydrogen (secondary N) is 1. The standard InChI is InChI=1S/C18H21N3O3S/c1-4-14(15-6-5-9-25-15)19-16(22)7-8-17-20-21-18(24-17)13-10-11(2)23-12(13)3/h5-6,9-10,14H,4,7-8H2,1-3H3,(H,19,22). The predicted octanol–water partition coefficient (Wildman–Crippen LogP) is 4.21. The van der Waals surface area contributed by atoms with Gasteiger partial charge in [-0.05, 0) is 37.8 Å². The Morgan fingerprint density at radius 3 is 2.80 bits per heavy atom. The molecule has 0 aliphatic carbocycles. The Kier molecular flexibility index (Phi) is 5.33. The average Bonchev–Trinajstić information content (AvgIpc) is 3.31. The molecule has 3 rings (SSSR count). The van der Waals surface area contributed by atoms with Crippen molar-refractivity contribution in [2.45, 2.75) is 46.1 Å². The fourth-order valence-corrected chi connectivity index (χ4v) is 3.52. The maximum absolute atomic E-state index is 12.2. The number of carbonyl (C=O) groups is 1. The lowest BCUT2D eigenvalue weighted by Crippen LogP contribution is -2.27. The van der Waals surface area contributed by atoms with Crippen LogP contribution in [-0.4, -0.2) is 16.1 Å². The lowest BCUT2D eigenvalue weighted by atomic mass is 10.1. The zero-order valence-electron chi connectivity index (χ0n) is 14.5. The Hall–Kier alpha value is -2.41. The van der Waals surface area contributed by atoms with Gasteiger partial charge in [-0.25, -0.2) is 0 Å². The van der Waals surface area contributed by atoms with Crippen molar-refractivity contribution in [1.29, 1.82) is 0 Å². The number of thiophene rings is 1. The smallest absolute Gasteiger partial charge is 0.251 e. The maximum Gasteiger partial charge on any atom is 0.251 e. The molecule has 0 aliphatic heterocycles. The Labute approximate surface area is 150 Å². The van der Waals surface area contributed by atoms with E-state index in [2.05, 4.69) is 22.4 Å². The first-order valence-electron chi connectivity index (χ1n) is 8.29. The zero-order valence-corrected chi connectivity index (χ0v) is 15.4. The number of hydrogen-bond acceptors (Lipinski definition) is 6. The van der Waals surface area contributed by atoms with Crippen molar-refractivity contribution >= 4 is 17.2 Å². The summed E-state index contributed by atoms with van der Waals surface area (Å²) in [6.45, 7) is 5.79. The van der Waals surface area contributed by atoms with E-state index in [1.54, 1.807) is 11.3 Å². The molecule has 3 aromatic heterocycles. The van der Waals surface area contributed by atoms with Crippen LogP contribution in [0.4, 0.5) is 0 Å². The van der Waals surface area contributed by atoms with Crippen LogP contribution in [0, 0.1) is 13.8 Å². The lowest BCUT2D eigenvalue weighted by molar-refractivity contribution is -0.121. The van der Waals surface area contributed by atoms with Crippen molar-refractivity contribution in [3.8, 4) is 11.5 Å². The summed E-state index contributed by atoms with van der Waals surface area (Å²) >= 11 is 1.65. The van der Waals surface area contributed by atoms with Gasteiger partial charge >= 0.3 is 0 Å². The highest BCUT2D eigenvalue weighted by Gasteiger charge is 2.17. The molecule has 132 valence electrons. The van der Waals surface area contributed by atoms with Crippen molar-refractivity contribution in [3.05, 3.63) is 45.9 Å². The number of rotatable bonds is 7. The SMILES string of the molecule is CCC(NC(=O)CCc1nnc(-c2cc(C)oc2C)o1)c1cccs1. The number of aromatic nitrogens is 2. The summed E-state index contributed by atoms with van der Waals surface area (Å²) in [4.78, 5) is 13.4.